The number of hydrogen-bond donors (Lipinski definition) is 1. The van der Waals surface area contributed by atoms with Crippen molar-refractivity contribution in [2.75, 3.05) is 27.7 Å². The van der Waals surface area contributed by atoms with E-state index in [1.165, 1.54) is 5.56 Å². The molecule has 2 fully saturated rings. The first-order valence-corrected chi connectivity index (χ1v) is 10.4. The molecule has 1 N–H and O–H groups in total. The van der Waals surface area contributed by atoms with E-state index in [1.807, 2.05) is 29.2 Å². The number of urea groups is 1. The molecule has 0 atom stereocenters. The summed E-state index contributed by atoms with van der Waals surface area (Å²) in [5, 5.41) is 3.33. The first-order valence-electron chi connectivity index (χ1n) is 10.4. The third-order valence-corrected chi connectivity index (χ3v) is 6.89. The summed E-state index contributed by atoms with van der Waals surface area (Å²) in [6.45, 7) is 1.41. The number of carbonyl (C=O) groups excluding carboxylic acids is 1. The van der Waals surface area contributed by atoms with Gasteiger partial charge in [-0.25, -0.2) is 4.79 Å². The second-order valence-electron chi connectivity index (χ2n) is 8.71. The highest BCUT2D eigenvalue weighted by Gasteiger charge is 2.49. The van der Waals surface area contributed by atoms with Crippen molar-refractivity contribution >= 4 is 6.03 Å². The largest absolute Gasteiger partial charge is 0.497 e. The van der Waals surface area contributed by atoms with Crippen molar-refractivity contribution in [2.24, 2.45) is 0 Å². The summed E-state index contributed by atoms with van der Waals surface area (Å²) < 4.78 is 5.23. The minimum Gasteiger partial charge on any atom is -0.497 e. The average molecular weight is 394 g/mol. The zero-order valence-electron chi connectivity index (χ0n) is 17.6. The molecule has 5 nitrogen and oxygen atoms in total. The molecular weight excluding hydrogens is 362 g/mol. The molecule has 0 bridgehead atoms. The predicted octanol–water partition coefficient (Wildman–Crippen LogP) is 3.99. The molecule has 2 aromatic rings. The van der Waals surface area contributed by atoms with Crippen molar-refractivity contribution in [1.82, 2.24) is 15.1 Å². The van der Waals surface area contributed by atoms with Gasteiger partial charge in [-0.2, -0.15) is 0 Å². The Morgan fingerprint density at radius 3 is 2.24 bits per heavy atom. The zero-order valence-corrected chi connectivity index (χ0v) is 17.6. The molecule has 154 valence electrons. The van der Waals surface area contributed by atoms with Crippen LogP contribution in [0.2, 0.25) is 0 Å². The third kappa shape index (κ3) is 3.71. The Balaban J connectivity index is 1.46. The van der Waals surface area contributed by atoms with Gasteiger partial charge in [-0.15, -0.1) is 0 Å². The van der Waals surface area contributed by atoms with Gasteiger partial charge in [-0.3, -0.25) is 4.90 Å². The van der Waals surface area contributed by atoms with Crippen molar-refractivity contribution in [3.8, 4) is 5.75 Å². The first kappa shape index (κ1) is 19.8. The summed E-state index contributed by atoms with van der Waals surface area (Å²) in [6, 6.07) is 18.8. The van der Waals surface area contributed by atoms with E-state index in [4.69, 9.17) is 4.74 Å². The monoisotopic (exact) mass is 393 g/mol. The number of benzene rings is 2. The maximum Gasteiger partial charge on any atom is 0.318 e. The normalized spacial score (nSPS) is 26.8. The Labute approximate surface area is 173 Å². The highest BCUT2D eigenvalue weighted by atomic mass is 16.5. The molecule has 1 aliphatic heterocycles. The molecule has 0 aromatic heterocycles. The molecule has 1 heterocycles. The fourth-order valence-corrected chi connectivity index (χ4v) is 5.03. The van der Waals surface area contributed by atoms with Gasteiger partial charge >= 0.3 is 6.03 Å². The van der Waals surface area contributed by atoms with E-state index < -0.39 is 0 Å². The van der Waals surface area contributed by atoms with E-state index in [-0.39, 0.29) is 17.1 Å². The zero-order chi connectivity index (χ0) is 20.5. The van der Waals surface area contributed by atoms with E-state index >= 15 is 0 Å². The summed E-state index contributed by atoms with van der Waals surface area (Å²) in [5.74, 6) is 0.837. The lowest BCUT2D eigenvalue weighted by Gasteiger charge is -2.48. The fraction of sp³-hybridized carbons (Fsp3) is 0.458. The maximum absolute atomic E-state index is 12.7. The first-order chi connectivity index (χ1) is 14.0. The highest BCUT2D eigenvalue weighted by molar-refractivity contribution is 5.78. The van der Waals surface area contributed by atoms with Crippen LogP contribution in [-0.4, -0.2) is 49.1 Å². The van der Waals surface area contributed by atoms with Crippen LogP contribution in [0.25, 0.3) is 0 Å². The Morgan fingerprint density at radius 1 is 1.00 bits per heavy atom. The molecular formula is C24H31N3O2. The van der Waals surface area contributed by atoms with Gasteiger partial charge in [0.1, 0.15) is 5.75 Å². The van der Waals surface area contributed by atoms with Gasteiger partial charge in [0.15, 0.2) is 0 Å². The molecule has 2 aromatic carbocycles. The average Bonchev–Trinajstić information content (AvgIpc) is 3.04. The summed E-state index contributed by atoms with van der Waals surface area (Å²) in [6.07, 6.45) is 4.07. The van der Waals surface area contributed by atoms with Crippen molar-refractivity contribution < 1.29 is 9.53 Å². The van der Waals surface area contributed by atoms with Gasteiger partial charge in [-0.05, 0) is 63.0 Å². The molecule has 2 amide bonds. The molecule has 5 heteroatoms. The van der Waals surface area contributed by atoms with E-state index in [0.29, 0.717) is 6.54 Å². The minimum atomic E-state index is -0.113. The van der Waals surface area contributed by atoms with E-state index in [0.717, 1.165) is 43.5 Å². The van der Waals surface area contributed by atoms with Crippen LogP contribution >= 0.6 is 0 Å². The van der Waals surface area contributed by atoms with Crippen molar-refractivity contribution in [3.05, 3.63) is 65.7 Å². The number of methoxy groups -OCH3 is 1. The van der Waals surface area contributed by atoms with Gasteiger partial charge in [0.05, 0.1) is 12.6 Å². The Morgan fingerprint density at radius 2 is 1.66 bits per heavy atom. The standard InChI is InChI=1S/C24H31N3O2/c1-26(2)24(20-7-5-4-6-8-20)15-13-23(14-16-24)18-27(22(28)25-23)17-19-9-11-21(29-3)12-10-19/h4-12H,13-18H2,1-3H3,(H,25,28)/t23-,24-. The molecule has 4 rings (SSSR count). The molecule has 0 unspecified atom stereocenters. The Bertz CT molecular complexity index is 840. The van der Waals surface area contributed by atoms with Crippen LogP contribution in [0, 0.1) is 0 Å². The van der Waals surface area contributed by atoms with Crippen LogP contribution in [0.1, 0.15) is 36.8 Å². The van der Waals surface area contributed by atoms with Crippen LogP contribution in [0.4, 0.5) is 4.79 Å². The molecule has 0 radical (unpaired) electrons. The Hall–Kier alpha value is -2.53. The predicted molar refractivity (Wildman–Crippen MR) is 115 cm³/mol. The lowest BCUT2D eigenvalue weighted by molar-refractivity contribution is 0.0617. The SMILES string of the molecule is COc1ccc(CN2C[C@]3(CC[C@@](c4ccccc4)(N(C)C)CC3)NC2=O)cc1. The number of nitrogens with zero attached hydrogens (tertiary/aromatic N) is 2. The van der Waals surface area contributed by atoms with E-state index in [9.17, 15) is 4.79 Å². The van der Waals surface area contributed by atoms with Gasteiger partial charge in [0.2, 0.25) is 0 Å². The van der Waals surface area contributed by atoms with E-state index in [1.54, 1.807) is 7.11 Å². The van der Waals surface area contributed by atoms with Gasteiger partial charge < -0.3 is 15.0 Å². The number of ether oxygens (including phenoxy) is 1. The smallest absolute Gasteiger partial charge is 0.318 e. The van der Waals surface area contributed by atoms with Crippen LogP contribution in [0.15, 0.2) is 54.6 Å². The van der Waals surface area contributed by atoms with Crippen molar-refractivity contribution in [1.29, 1.82) is 0 Å². The second kappa shape index (κ2) is 7.71. The summed E-state index contributed by atoms with van der Waals surface area (Å²) in [5.41, 5.74) is 2.43. The number of rotatable bonds is 5. The molecule has 1 saturated carbocycles. The quantitative estimate of drug-likeness (QED) is 0.835. The van der Waals surface area contributed by atoms with Gasteiger partial charge in [0.25, 0.3) is 0 Å². The molecule has 29 heavy (non-hydrogen) atoms. The molecule has 1 aliphatic carbocycles. The molecule has 1 spiro atoms. The number of nitrogens with one attached hydrogen (secondary N) is 1. The summed E-state index contributed by atoms with van der Waals surface area (Å²) >= 11 is 0. The molecule has 2 aliphatic rings. The van der Waals surface area contributed by atoms with Gasteiger partial charge in [0, 0.05) is 18.6 Å². The van der Waals surface area contributed by atoms with Crippen LogP contribution in [-0.2, 0) is 12.1 Å². The van der Waals surface area contributed by atoms with Crippen molar-refractivity contribution in [2.45, 2.75) is 43.3 Å². The minimum absolute atomic E-state index is 0.0423. The van der Waals surface area contributed by atoms with Crippen LogP contribution in [0.5, 0.6) is 5.75 Å². The van der Waals surface area contributed by atoms with E-state index in [2.05, 4.69) is 54.6 Å². The topological polar surface area (TPSA) is 44.8 Å². The number of hydrogen-bond acceptors (Lipinski definition) is 3. The van der Waals surface area contributed by atoms with Crippen molar-refractivity contribution in [3.63, 3.8) is 0 Å². The number of carbonyl (C=O) groups is 1. The van der Waals surface area contributed by atoms with Crippen LogP contribution < -0.4 is 10.1 Å². The maximum atomic E-state index is 12.7. The van der Waals surface area contributed by atoms with Gasteiger partial charge in [-0.1, -0.05) is 42.5 Å². The van der Waals surface area contributed by atoms with Crippen LogP contribution in [0.3, 0.4) is 0 Å². The molecule has 1 saturated heterocycles. The third-order valence-electron chi connectivity index (χ3n) is 6.89. The second-order valence-corrected chi connectivity index (χ2v) is 8.71. The number of amides is 2. The fourth-order valence-electron chi connectivity index (χ4n) is 5.03. The summed E-state index contributed by atoms with van der Waals surface area (Å²) in [4.78, 5) is 17.0. The Kier molecular flexibility index (Phi) is 5.26. The summed E-state index contributed by atoms with van der Waals surface area (Å²) in [7, 11) is 6.02. The highest BCUT2D eigenvalue weighted by Crippen LogP contribution is 2.46. The lowest BCUT2D eigenvalue weighted by Crippen LogP contribution is -2.54. The lowest BCUT2D eigenvalue weighted by atomic mass is 9.69.